The lowest BCUT2D eigenvalue weighted by atomic mass is 10.1. The summed E-state index contributed by atoms with van der Waals surface area (Å²) >= 11 is 0. The second-order valence-electron chi connectivity index (χ2n) is 4.53. The van der Waals surface area contributed by atoms with E-state index in [4.69, 9.17) is 0 Å². The summed E-state index contributed by atoms with van der Waals surface area (Å²) in [4.78, 5) is 23.4. The van der Waals surface area contributed by atoms with Gasteiger partial charge in [0.1, 0.15) is 0 Å². The fraction of sp³-hybridized carbons (Fsp3) is 0.385. The zero-order chi connectivity index (χ0) is 13.1. The van der Waals surface area contributed by atoms with Gasteiger partial charge >= 0.3 is 0 Å². The Hall–Kier alpha value is -2.04. The minimum absolute atomic E-state index is 0.281. The molecule has 0 aliphatic rings. The van der Waals surface area contributed by atoms with E-state index in [1.54, 1.807) is 12.1 Å². The monoisotopic (exact) mass is 247 g/mol. The molecule has 96 valence electrons. The van der Waals surface area contributed by atoms with E-state index in [-0.39, 0.29) is 11.1 Å². The van der Waals surface area contributed by atoms with Gasteiger partial charge < -0.3 is 5.32 Å². The molecule has 2 rings (SSSR count). The zero-order valence-corrected chi connectivity index (χ0v) is 10.5. The average Bonchev–Trinajstić information content (AvgIpc) is 2.40. The first-order valence-corrected chi connectivity index (χ1v) is 6.11. The molecule has 0 amide bonds. The molecule has 1 unspecified atom stereocenters. The van der Waals surface area contributed by atoms with Crippen molar-refractivity contribution in [2.45, 2.75) is 20.3 Å². The maximum Gasteiger partial charge on any atom is 0.272 e. The zero-order valence-electron chi connectivity index (χ0n) is 10.5. The number of anilines is 1. The highest BCUT2D eigenvalue weighted by molar-refractivity contribution is 5.92. The highest BCUT2D eigenvalue weighted by atomic mass is 16.1. The lowest BCUT2D eigenvalue weighted by Gasteiger charge is -2.12. The van der Waals surface area contributed by atoms with E-state index in [9.17, 15) is 9.59 Å². The smallest absolute Gasteiger partial charge is 0.272 e. The van der Waals surface area contributed by atoms with Crippen LogP contribution in [0.1, 0.15) is 20.3 Å². The van der Waals surface area contributed by atoms with E-state index in [0.29, 0.717) is 22.4 Å². The molecule has 0 radical (unpaired) electrons. The summed E-state index contributed by atoms with van der Waals surface area (Å²) < 4.78 is 0. The summed E-state index contributed by atoms with van der Waals surface area (Å²) in [5.74, 6) is 0.515. The standard InChI is InChI=1S/C13H17N3O2/c1-3-8(2)7-14-10-6-4-5-9-11(10)13(18)16-15-12(9)17/h4-6,8,14H,3,7H2,1-2H3,(H,15,17)(H,16,18). The molecular formula is C13H17N3O2. The lowest BCUT2D eigenvalue weighted by Crippen LogP contribution is -2.21. The Morgan fingerprint density at radius 3 is 2.67 bits per heavy atom. The third kappa shape index (κ3) is 2.30. The number of aromatic amines is 2. The molecule has 2 aromatic rings. The average molecular weight is 247 g/mol. The third-order valence-corrected chi connectivity index (χ3v) is 3.16. The van der Waals surface area contributed by atoms with Crippen molar-refractivity contribution in [2.75, 3.05) is 11.9 Å². The maximum atomic E-state index is 11.8. The number of nitrogens with one attached hydrogen (secondary N) is 3. The van der Waals surface area contributed by atoms with Gasteiger partial charge in [-0.1, -0.05) is 26.3 Å². The molecule has 0 aliphatic heterocycles. The van der Waals surface area contributed by atoms with Gasteiger partial charge in [-0.3, -0.25) is 19.8 Å². The number of hydrogen-bond acceptors (Lipinski definition) is 3. The molecule has 0 saturated heterocycles. The molecule has 1 heterocycles. The number of benzene rings is 1. The first-order chi connectivity index (χ1) is 8.63. The quantitative estimate of drug-likeness (QED) is 0.769. The number of rotatable bonds is 4. The maximum absolute atomic E-state index is 11.8. The second-order valence-corrected chi connectivity index (χ2v) is 4.53. The van der Waals surface area contributed by atoms with Gasteiger partial charge in [-0.15, -0.1) is 0 Å². The summed E-state index contributed by atoms with van der Waals surface area (Å²) in [5, 5.41) is 8.74. The molecule has 5 nitrogen and oxygen atoms in total. The Morgan fingerprint density at radius 2 is 1.94 bits per heavy atom. The van der Waals surface area contributed by atoms with Crippen LogP contribution in [0.15, 0.2) is 27.8 Å². The Kier molecular flexibility index (Phi) is 3.50. The van der Waals surface area contributed by atoms with Crippen molar-refractivity contribution in [1.29, 1.82) is 0 Å². The van der Waals surface area contributed by atoms with Crippen molar-refractivity contribution in [1.82, 2.24) is 10.2 Å². The van der Waals surface area contributed by atoms with Crippen LogP contribution < -0.4 is 16.4 Å². The fourth-order valence-corrected chi connectivity index (χ4v) is 1.81. The molecule has 0 fully saturated rings. The van der Waals surface area contributed by atoms with E-state index >= 15 is 0 Å². The molecule has 0 aliphatic carbocycles. The van der Waals surface area contributed by atoms with Crippen LogP contribution in [-0.4, -0.2) is 16.7 Å². The first kappa shape index (κ1) is 12.4. The second kappa shape index (κ2) is 5.08. The molecule has 0 bridgehead atoms. The molecule has 18 heavy (non-hydrogen) atoms. The Bertz CT molecular complexity index is 657. The summed E-state index contributed by atoms with van der Waals surface area (Å²) in [6, 6.07) is 5.24. The van der Waals surface area contributed by atoms with Crippen LogP contribution in [-0.2, 0) is 0 Å². The van der Waals surface area contributed by atoms with Crippen molar-refractivity contribution in [3.05, 3.63) is 38.9 Å². The van der Waals surface area contributed by atoms with E-state index in [1.165, 1.54) is 0 Å². The largest absolute Gasteiger partial charge is 0.384 e. The van der Waals surface area contributed by atoms with Crippen LogP contribution in [0.3, 0.4) is 0 Å². The Balaban J connectivity index is 2.48. The lowest BCUT2D eigenvalue weighted by molar-refractivity contribution is 0.594. The van der Waals surface area contributed by atoms with Crippen LogP contribution in [0.2, 0.25) is 0 Å². The van der Waals surface area contributed by atoms with Crippen LogP contribution in [0.5, 0.6) is 0 Å². The van der Waals surface area contributed by atoms with Crippen molar-refractivity contribution in [2.24, 2.45) is 5.92 Å². The van der Waals surface area contributed by atoms with E-state index in [1.807, 2.05) is 6.07 Å². The van der Waals surface area contributed by atoms with Crippen LogP contribution in [0, 0.1) is 5.92 Å². The van der Waals surface area contributed by atoms with Crippen LogP contribution in [0.4, 0.5) is 5.69 Å². The molecule has 1 aromatic heterocycles. The molecule has 0 spiro atoms. The number of H-pyrrole nitrogens is 2. The highest BCUT2D eigenvalue weighted by Gasteiger charge is 2.08. The SMILES string of the molecule is CCC(C)CNc1cccc2c(=O)[nH][nH]c(=O)c12. The van der Waals surface area contributed by atoms with Gasteiger partial charge in [0.15, 0.2) is 0 Å². The molecule has 1 atom stereocenters. The van der Waals surface area contributed by atoms with Gasteiger partial charge in [-0.25, -0.2) is 0 Å². The molecule has 5 heteroatoms. The Labute approximate surface area is 104 Å². The van der Waals surface area contributed by atoms with Gasteiger partial charge in [0.2, 0.25) is 0 Å². The predicted molar refractivity (Wildman–Crippen MR) is 73.1 cm³/mol. The summed E-state index contributed by atoms with van der Waals surface area (Å²) in [5.41, 5.74) is 0.147. The summed E-state index contributed by atoms with van der Waals surface area (Å²) in [6.07, 6.45) is 1.06. The molecule has 1 aromatic carbocycles. The highest BCUT2D eigenvalue weighted by Crippen LogP contribution is 2.17. The van der Waals surface area contributed by atoms with Gasteiger partial charge in [-0.2, -0.15) is 0 Å². The number of hydrogen-bond donors (Lipinski definition) is 3. The third-order valence-electron chi connectivity index (χ3n) is 3.16. The van der Waals surface area contributed by atoms with E-state index < -0.39 is 0 Å². The fourth-order valence-electron chi connectivity index (χ4n) is 1.81. The minimum atomic E-state index is -0.281. The van der Waals surface area contributed by atoms with Crippen molar-refractivity contribution in [3.63, 3.8) is 0 Å². The van der Waals surface area contributed by atoms with Crippen LogP contribution >= 0.6 is 0 Å². The Morgan fingerprint density at radius 1 is 1.22 bits per heavy atom. The summed E-state index contributed by atoms with van der Waals surface area (Å²) in [7, 11) is 0. The minimum Gasteiger partial charge on any atom is -0.384 e. The van der Waals surface area contributed by atoms with Gasteiger partial charge in [0.05, 0.1) is 10.8 Å². The van der Waals surface area contributed by atoms with Gasteiger partial charge in [-0.05, 0) is 18.1 Å². The van der Waals surface area contributed by atoms with Crippen LogP contribution in [0.25, 0.3) is 10.8 Å². The molecule has 0 saturated carbocycles. The molecular weight excluding hydrogens is 230 g/mol. The van der Waals surface area contributed by atoms with Gasteiger partial charge in [0, 0.05) is 12.2 Å². The van der Waals surface area contributed by atoms with Crippen molar-refractivity contribution >= 4 is 16.5 Å². The predicted octanol–water partition coefficient (Wildman–Crippen LogP) is 1.67. The van der Waals surface area contributed by atoms with E-state index in [2.05, 4.69) is 29.4 Å². The normalized spacial score (nSPS) is 12.6. The van der Waals surface area contributed by atoms with Gasteiger partial charge in [0.25, 0.3) is 11.1 Å². The summed E-state index contributed by atoms with van der Waals surface area (Å²) in [6.45, 7) is 5.03. The van der Waals surface area contributed by atoms with Crippen molar-refractivity contribution in [3.8, 4) is 0 Å². The number of fused-ring (bicyclic) bond motifs is 1. The molecule has 3 N–H and O–H groups in total. The first-order valence-electron chi connectivity index (χ1n) is 6.11. The topological polar surface area (TPSA) is 77.8 Å². The number of aromatic nitrogens is 2. The van der Waals surface area contributed by atoms with Crippen molar-refractivity contribution < 1.29 is 0 Å². The van der Waals surface area contributed by atoms with E-state index in [0.717, 1.165) is 13.0 Å².